The van der Waals surface area contributed by atoms with Gasteiger partial charge < -0.3 is 4.74 Å². The molecule has 0 aliphatic carbocycles. The number of alkyl halides is 3. The van der Waals surface area contributed by atoms with E-state index in [0.717, 1.165) is 22.6 Å². The lowest BCUT2D eigenvalue weighted by molar-refractivity contribution is -0.163. The van der Waals surface area contributed by atoms with Crippen molar-refractivity contribution in [3.8, 4) is 0 Å². The van der Waals surface area contributed by atoms with Crippen molar-refractivity contribution in [3.05, 3.63) is 71.3 Å². The average molecular weight is 419 g/mol. The summed E-state index contributed by atoms with van der Waals surface area (Å²) in [4.78, 5) is 39.4. The molecule has 0 aromatic heterocycles. The molecular weight excluding hydrogens is 399 g/mol. The molecule has 0 spiro atoms. The second-order valence-electron chi connectivity index (χ2n) is 6.96. The smallest absolute Gasteiger partial charge is 0.416 e. The first-order chi connectivity index (χ1) is 14.2. The van der Waals surface area contributed by atoms with Crippen LogP contribution < -0.4 is 0 Å². The summed E-state index contributed by atoms with van der Waals surface area (Å²) in [6.07, 6.45) is -4.70. The van der Waals surface area contributed by atoms with Crippen molar-refractivity contribution in [2.45, 2.75) is 32.0 Å². The first-order valence-corrected chi connectivity index (χ1v) is 9.44. The van der Waals surface area contributed by atoms with Gasteiger partial charge in [-0.2, -0.15) is 13.2 Å². The fraction of sp³-hybridized carbons (Fsp3) is 0.318. The summed E-state index contributed by atoms with van der Waals surface area (Å²) in [7, 11) is 0. The van der Waals surface area contributed by atoms with Crippen molar-refractivity contribution < 1.29 is 32.3 Å². The molecule has 30 heavy (non-hydrogen) atoms. The van der Waals surface area contributed by atoms with Crippen molar-refractivity contribution >= 4 is 17.8 Å². The van der Waals surface area contributed by atoms with E-state index in [-0.39, 0.29) is 19.6 Å². The van der Waals surface area contributed by atoms with Gasteiger partial charge in [0.25, 0.3) is 0 Å². The van der Waals surface area contributed by atoms with Crippen molar-refractivity contribution in [1.82, 2.24) is 4.90 Å². The third-order valence-corrected chi connectivity index (χ3v) is 5.02. The monoisotopic (exact) mass is 419 g/mol. The van der Waals surface area contributed by atoms with E-state index in [4.69, 9.17) is 4.74 Å². The number of carbonyl (C=O) groups excluding carboxylic acids is 3. The zero-order valence-electron chi connectivity index (χ0n) is 16.2. The van der Waals surface area contributed by atoms with Crippen molar-refractivity contribution in [1.29, 1.82) is 0 Å². The third-order valence-electron chi connectivity index (χ3n) is 5.02. The van der Waals surface area contributed by atoms with Crippen LogP contribution in [0.5, 0.6) is 0 Å². The molecule has 1 aliphatic heterocycles. The molecule has 0 radical (unpaired) electrons. The highest BCUT2D eigenvalue weighted by Crippen LogP contribution is 2.37. The van der Waals surface area contributed by atoms with Gasteiger partial charge in [0.1, 0.15) is 5.92 Å². The highest BCUT2D eigenvalue weighted by atomic mass is 19.4. The van der Waals surface area contributed by atoms with Gasteiger partial charge in [-0.25, -0.2) is 0 Å². The van der Waals surface area contributed by atoms with Gasteiger partial charge in [0.05, 0.1) is 18.7 Å². The van der Waals surface area contributed by atoms with Gasteiger partial charge in [-0.1, -0.05) is 42.5 Å². The number of halogens is 3. The lowest BCUT2D eigenvalue weighted by atomic mass is 9.79. The van der Waals surface area contributed by atoms with Crippen molar-refractivity contribution in [2.24, 2.45) is 5.92 Å². The Kier molecular flexibility index (Phi) is 6.24. The van der Waals surface area contributed by atoms with E-state index in [2.05, 4.69) is 0 Å². The Morgan fingerprint density at radius 1 is 1.07 bits per heavy atom. The standard InChI is InChI=1S/C22H20F3NO4/c1-2-30-21(29)19-17(15-8-10-16(11-9-15)22(23,24)25)12-18(27)26(20(19)28)13-14-6-4-3-5-7-14/h3-11,17,19H,2,12-13H2,1H3/t17-,19-/m0/s1. The quantitative estimate of drug-likeness (QED) is 0.419. The lowest BCUT2D eigenvalue weighted by Gasteiger charge is -2.35. The van der Waals surface area contributed by atoms with Gasteiger partial charge in [0.15, 0.2) is 0 Å². The van der Waals surface area contributed by atoms with Gasteiger partial charge in [-0.3, -0.25) is 19.3 Å². The Hall–Kier alpha value is -3.16. The predicted molar refractivity (Wildman–Crippen MR) is 101 cm³/mol. The number of amides is 2. The molecule has 5 nitrogen and oxygen atoms in total. The Labute approximate surface area is 171 Å². The molecule has 158 valence electrons. The van der Waals surface area contributed by atoms with E-state index in [1.165, 1.54) is 12.1 Å². The van der Waals surface area contributed by atoms with Gasteiger partial charge in [0, 0.05) is 12.3 Å². The maximum Gasteiger partial charge on any atom is 0.416 e. The summed E-state index contributed by atoms with van der Waals surface area (Å²) in [6.45, 7) is 1.63. The molecule has 1 aliphatic rings. The number of rotatable bonds is 5. The fourth-order valence-electron chi connectivity index (χ4n) is 3.54. The van der Waals surface area contributed by atoms with Crippen LogP contribution in [0, 0.1) is 5.92 Å². The minimum atomic E-state index is -4.51. The summed E-state index contributed by atoms with van der Waals surface area (Å²) < 4.78 is 43.6. The van der Waals surface area contributed by atoms with Gasteiger partial charge >= 0.3 is 12.1 Å². The van der Waals surface area contributed by atoms with E-state index < -0.39 is 41.4 Å². The van der Waals surface area contributed by atoms with E-state index in [1.807, 2.05) is 0 Å². The topological polar surface area (TPSA) is 63.7 Å². The largest absolute Gasteiger partial charge is 0.465 e. The Balaban J connectivity index is 1.92. The number of likely N-dealkylation sites (tertiary alicyclic amines) is 1. The Bertz CT molecular complexity index is 926. The third kappa shape index (κ3) is 4.53. The minimum Gasteiger partial charge on any atom is -0.465 e. The first-order valence-electron chi connectivity index (χ1n) is 9.44. The van der Waals surface area contributed by atoms with Gasteiger partial charge in [-0.05, 0) is 30.2 Å². The molecule has 1 heterocycles. The number of benzene rings is 2. The number of nitrogens with zero attached hydrogens (tertiary/aromatic N) is 1. The maximum absolute atomic E-state index is 13.1. The van der Waals surface area contributed by atoms with Crippen LogP contribution in [0.2, 0.25) is 0 Å². The van der Waals surface area contributed by atoms with Crippen molar-refractivity contribution in [2.75, 3.05) is 6.61 Å². The number of piperidine rings is 1. The van der Waals surface area contributed by atoms with Crippen LogP contribution in [0.1, 0.15) is 36.0 Å². The highest BCUT2D eigenvalue weighted by Gasteiger charge is 2.47. The van der Waals surface area contributed by atoms with E-state index in [9.17, 15) is 27.6 Å². The summed E-state index contributed by atoms with van der Waals surface area (Å²) >= 11 is 0. The highest BCUT2D eigenvalue weighted by molar-refractivity contribution is 6.08. The van der Waals surface area contributed by atoms with E-state index >= 15 is 0 Å². The van der Waals surface area contributed by atoms with Crippen LogP contribution >= 0.6 is 0 Å². The van der Waals surface area contributed by atoms with Gasteiger partial charge in [-0.15, -0.1) is 0 Å². The zero-order valence-corrected chi connectivity index (χ0v) is 16.2. The molecule has 8 heteroatoms. The van der Waals surface area contributed by atoms with E-state index in [1.54, 1.807) is 37.3 Å². The fourth-order valence-corrected chi connectivity index (χ4v) is 3.54. The van der Waals surface area contributed by atoms with Crippen LogP contribution in [0.4, 0.5) is 13.2 Å². The van der Waals surface area contributed by atoms with Crippen LogP contribution in [0.25, 0.3) is 0 Å². The van der Waals surface area contributed by atoms with Gasteiger partial charge in [0.2, 0.25) is 11.8 Å². The molecule has 2 amide bonds. The summed E-state index contributed by atoms with van der Waals surface area (Å²) in [5.74, 6) is -4.19. The summed E-state index contributed by atoms with van der Waals surface area (Å²) in [5, 5.41) is 0. The first kappa shape index (κ1) is 21.5. The second kappa shape index (κ2) is 8.69. The Morgan fingerprint density at radius 2 is 1.70 bits per heavy atom. The molecule has 2 aromatic rings. The number of imide groups is 1. The molecule has 1 saturated heterocycles. The second-order valence-corrected chi connectivity index (χ2v) is 6.96. The van der Waals surface area contributed by atoms with Crippen molar-refractivity contribution in [3.63, 3.8) is 0 Å². The number of hydrogen-bond acceptors (Lipinski definition) is 4. The molecule has 3 rings (SSSR count). The predicted octanol–water partition coefficient (Wildman–Crippen LogP) is 3.93. The molecule has 2 aromatic carbocycles. The van der Waals surface area contributed by atoms with Crippen LogP contribution in [0.3, 0.4) is 0 Å². The SMILES string of the molecule is CCOC(=O)[C@@H]1C(=O)N(Cc2ccccc2)C(=O)C[C@H]1c1ccc(C(F)(F)F)cc1. The molecule has 0 bridgehead atoms. The normalized spacial score (nSPS) is 19.7. The minimum absolute atomic E-state index is 0.00808. The summed E-state index contributed by atoms with van der Waals surface area (Å²) in [6, 6.07) is 13.0. The number of ether oxygens (including phenoxy) is 1. The lowest BCUT2D eigenvalue weighted by Crippen LogP contribution is -2.50. The number of esters is 1. The van der Waals surface area contributed by atoms with Crippen LogP contribution in [-0.4, -0.2) is 29.3 Å². The molecule has 0 N–H and O–H groups in total. The van der Waals surface area contributed by atoms with Crippen LogP contribution in [0.15, 0.2) is 54.6 Å². The Morgan fingerprint density at radius 3 is 2.27 bits per heavy atom. The molecule has 0 saturated carbocycles. The zero-order chi connectivity index (χ0) is 21.9. The molecule has 2 atom stereocenters. The average Bonchev–Trinajstić information content (AvgIpc) is 2.71. The van der Waals surface area contributed by atoms with E-state index in [0.29, 0.717) is 5.56 Å². The summed E-state index contributed by atoms with van der Waals surface area (Å²) in [5.41, 5.74) is 0.176. The molecule has 1 fully saturated rings. The maximum atomic E-state index is 13.1. The number of carbonyl (C=O) groups is 3. The molecule has 0 unspecified atom stereocenters. The number of hydrogen-bond donors (Lipinski definition) is 0. The van der Waals surface area contributed by atoms with Crippen LogP contribution in [-0.2, 0) is 31.8 Å². The molecular formula is C22H20F3NO4.